The molecule has 3 nitrogen and oxygen atoms in total. The number of amides is 1. The summed E-state index contributed by atoms with van der Waals surface area (Å²) in [6.07, 6.45) is 0.880. The number of rotatable bonds is 2. The van der Waals surface area contributed by atoms with Gasteiger partial charge in [-0.1, -0.05) is 22.9 Å². The zero-order chi connectivity index (χ0) is 13.1. The maximum Gasteiger partial charge on any atom is 0.254 e. The van der Waals surface area contributed by atoms with Gasteiger partial charge in [0.05, 0.1) is 5.56 Å². The lowest BCUT2D eigenvalue weighted by molar-refractivity contribution is 0.0910. The minimum absolute atomic E-state index is 0. The average Bonchev–Trinajstić information content (AvgIpc) is 2.32. The van der Waals surface area contributed by atoms with Gasteiger partial charge in [-0.3, -0.25) is 4.79 Å². The first-order valence-corrected chi connectivity index (χ1v) is 6.84. The zero-order valence-corrected chi connectivity index (χ0v) is 13.0. The normalized spacial score (nSPS) is 22.5. The van der Waals surface area contributed by atoms with Crippen molar-refractivity contribution >= 4 is 34.2 Å². The van der Waals surface area contributed by atoms with Crippen LogP contribution in [0.25, 0.3) is 0 Å². The van der Waals surface area contributed by atoms with Crippen LogP contribution in [-0.2, 0) is 0 Å². The molecular weight excluding hydrogens is 335 g/mol. The molecule has 19 heavy (non-hydrogen) atoms. The van der Waals surface area contributed by atoms with E-state index in [-0.39, 0.29) is 29.9 Å². The van der Waals surface area contributed by atoms with Crippen LogP contribution in [0.15, 0.2) is 22.7 Å². The maximum atomic E-state index is 13.6. The summed E-state index contributed by atoms with van der Waals surface area (Å²) in [6, 6.07) is 4.59. The van der Waals surface area contributed by atoms with Gasteiger partial charge in [-0.05, 0) is 43.6 Å². The molecule has 2 unspecified atom stereocenters. The standard InChI is InChI=1S/C13H16BrFN2O.ClH/c1-8-7-16-5-4-12(8)17-13(18)10-3-2-9(14)6-11(10)15;/h2-3,6,8,12,16H,4-5,7H2,1H3,(H,17,18);1H. The second kappa shape index (κ2) is 7.22. The highest BCUT2D eigenvalue weighted by atomic mass is 79.9. The highest BCUT2D eigenvalue weighted by molar-refractivity contribution is 9.10. The summed E-state index contributed by atoms with van der Waals surface area (Å²) in [7, 11) is 0. The molecule has 1 saturated heterocycles. The minimum Gasteiger partial charge on any atom is -0.349 e. The molecule has 0 aromatic heterocycles. The van der Waals surface area contributed by atoms with E-state index in [1.807, 2.05) is 0 Å². The maximum absolute atomic E-state index is 13.6. The van der Waals surface area contributed by atoms with Crippen molar-refractivity contribution in [1.82, 2.24) is 10.6 Å². The van der Waals surface area contributed by atoms with Crippen molar-refractivity contribution in [3.8, 4) is 0 Å². The van der Waals surface area contributed by atoms with Gasteiger partial charge in [-0.15, -0.1) is 12.4 Å². The molecule has 1 amide bonds. The van der Waals surface area contributed by atoms with E-state index in [1.54, 1.807) is 6.07 Å². The summed E-state index contributed by atoms with van der Waals surface area (Å²) < 4.78 is 14.3. The fourth-order valence-electron chi connectivity index (χ4n) is 2.15. The molecule has 0 aliphatic carbocycles. The molecule has 0 radical (unpaired) electrons. The molecule has 2 atom stereocenters. The lowest BCUT2D eigenvalue weighted by Gasteiger charge is -2.30. The fourth-order valence-corrected chi connectivity index (χ4v) is 2.48. The molecule has 1 fully saturated rings. The Bertz CT molecular complexity index is 458. The molecular formula is C13H17BrClFN2O. The van der Waals surface area contributed by atoms with Crippen LogP contribution in [-0.4, -0.2) is 25.0 Å². The van der Waals surface area contributed by atoms with Crippen molar-refractivity contribution in [1.29, 1.82) is 0 Å². The molecule has 2 rings (SSSR count). The van der Waals surface area contributed by atoms with Crippen molar-refractivity contribution < 1.29 is 9.18 Å². The Hall–Kier alpha value is -0.650. The van der Waals surface area contributed by atoms with Crippen molar-refractivity contribution in [3.63, 3.8) is 0 Å². The van der Waals surface area contributed by atoms with Crippen LogP contribution in [0.3, 0.4) is 0 Å². The lowest BCUT2D eigenvalue weighted by Crippen LogP contribution is -2.48. The third kappa shape index (κ3) is 4.16. The van der Waals surface area contributed by atoms with Crippen molar-refractivity contribution in [2.75, 3.05) is 13.1 Å². The van der Waals surface area contributed by atoms with Gasteiger partial charge in [0.15, 0.2) is 0 Å². The number of hydrogen-bond donors (Lipinski definition) is 2. The molecule has 1 aliphatic heterocycles. The van der Waals surface area contributed by atoms with E-state index >= 15 is 0 Å². The molecule has 6 heteroatoms. The van der Waals surface area contributed by atoms with E-state index < -0.39 is 5.82 Å². The average molecular weight is 352 g/mol. The highest BCUT2D eigenvalue weighted by Crippen LogP contribution is 2.16. The van der Waals surface area contributed by atoms with Crippen LogP contribution in [0.4, 0.5) is 4.39 Å². The Kier molecular flexibility index (Phi) is 6.23. The summed E-state index contributed by atoms with van der Waals surface area (Å²) in [5, 5.41) is 6.18. The monoisotopic (exact) mass is 350 g/mol. The number of hydrogen-bond acceptors (Lipinski definition) is 2. The van der Waals surface area contributed by atoms with E-state index in [0.29, 0.717) is 10.4 Å². The molecule has 106 valence electrons. The molecule has 1 aromatic carbocycles. The van der Waals surface area contributed by atoms with Crippen LogP contribution in [0.5, 0.6) is 0 Å². The van der Waals surface area contributed by atoms with Gasteiger partial charge >= 0.3 is 0 Å². The van der Waals surface area contributed by atoms with E-state index in [1.165, 1.54) is 12.1 Å². The third-order valence-corrected chi connectivity index (χ3v) is 3.77. The lowest BCUT2D eigenvalue weighted by atomic mass is 9.95. The smallest absolute Gasteiger partial charge is 0.254 e. The fraction of sp³-hybridized carbons (Fsp3) is 0.462. The first-order valence-electron chi connectivity index (χ1n) is 6.04. The van der Waals surface area contributed by atoms with Crippen molar-refractivity contribution in [2.45, 2.75) is 19.4 Å². The van der Waals surface area contributed by atoms with Crippen molar-refractivity contribution in [3.05, 3.63) is 34.1 Å². The first-order chi connectivity index (χ1) is 8.58. The summed E-state index contributed by atoms with van der Waals surface area (Å²) in [6.45, 7) is 3.85. The molecule has 2 N–H and O–H groups in total. The topological polar surface area (TPSA) is 41.1 Å². The first kappa shape index (κ1) is 16.4. The van der Waals surface area contributed by atoms with Gasteiger partial charge in [0.2, 0.25) is 0 Å². The second-order valence-corrected chi connectivity index (χ2v) is 5.59. The van der Waals surface area contributed by atoms with Gasteiger partial charge in [0.25, 0.3) is 5.91 Å². The SMILES string of the molecule is CC1CNCCC1NC(=O)c1ccc(Br)cc1F.Cl. The Balaban J connectivity index is 0.00000180. The van der Waals surface area contributed by atoms with E-state index in [9.17, 15) is 9.18 Å². The van der Waals surface area contributed by atoms with Crippen LogP contribution >= 0.6 is 28.3 Å². The largest absolute Gasteiger partial charge is 0.349 e. The van der Waals surface area contributed by atoms with Crippen LogP contribution in [0, 0.1) is 11.7 Å². The van der Waals surface area contributed by atoms with Crippen LogP contribution in [0.2, 0.25) is 0 Å². The van der Waals surface area contributed by atoms with Gasteiger partial charge in [0.1, 0.15) is 5.82 Å². The van der Waals surface area contributed by atoms with Gasteiger partial charge < -0.3 is 10.6 Å². The molecule has 0 spiro atoms. The summed E-state index contributed by atoms with van der Waals surface area (Å²) >= 11 is 3.17. The van der Waals surface area contributed by atoms with Crippen molar-refractivity contribution in [2.24, 2.45) is 5.92 Å². The number of nitrogens with one attached hydrogen (secondary N) is 2. The predicted octanol–water partition coefficient (Wildman–Crippen LogP) is 2.74. The molecule has 1 heterocycles. The summed E-state index contributed by atoms with van der Waals surface area (Å²) in [4.78, 5) is 12.0. The van der Waals surface area contributed by atoms with E-state index in [2.05, 4.69) is 33.5 Å². The number of carbonyl (C=O) groups excluding carboxylic acids is 1. The molecule has 1 aliphatic rings. The van der Waals surface area contributed by atoms with E-state index in [0.717, 1.165) is 19.5 Å². The highest BCUT2D eigenvalue weighted by Gasteiger charge is 2.24. The number of piperidine rings is 1. The number of benzene rings is 1. The third-order valence-electron chi connectivity index (χ3n) is 3.28. The predicted molar refractivity (Wildman–Crippen MR) is 79.3 cm³/mol. The van der Waals surface area contributed by atoms with Crippen LogP contribution < -0.4 is 10.6 Å². The zero-order valence-electron chi connectivity index (χ0n) is 10.6. The van der Waals surface area contributed by atoms with Gasteiger partial charge in [-0.25, -0.2) is 4.39 Å². The summed E-state index contributed by atoms with van der Waals surface area (Å²) in [5.41, 5.74) is 0.101. The second-order valence-electron chi connectivity index (χ2n) is 4.67. The molecule has 0 saturated carbocycles. The Labute approximate surface area is 126 Å². The van der Waals surface area contributed by atoms with Gasteiger partial charge in [-0.2, -0.15) is 0 Å². The quantitative estimate of drug-likeness (QED) is 0.860. The minimum atomic E-state index is -0.497. The summed E-state index contributed by atoms with van der Waals surface area (Å²) in [5.74, 6) is -0.469. The Morgan fingerprint density at radius 2 is 2.26 bits per heavy atom. The molecule has 0 bridgehead atoms. The Morgan fingerprint density at radius 3 is 2.89 bits per heavy atom. The van der Waals surface area contributed by atoms with E-state index in [4.69, 9.17) is 0 Å². The number of carbonyl (C=O) groups is 1. The van der Waals surface area contributed by atoms with Crippen LogP contribution in [0.1, 0.15) is 23.7 Å². The number of halogens is 3. The van der Waals surface area contributed by atoms with Gasteiger partial charge in [0, 0.05) is 10.5 Å². The Morgan fingerprint density at radius 1 is 1.53 bits per heavy atom. The molecule has 1 aromatic rings.